The number of anilines is 2. The molecule has 6 heteroatoms. The maximum absolute atomic E-state index is 6.40. The summed E-state index contributed by atoms with van der Waals surface area (Å²) in [6.45, 7) is 13.0. The number of piperidine rings is 1. The number of aromatic nitrogens is 2. The highest BCUT2D eigenvalue weighted by atomic mass is 35.5. The van der Waals surface area contributed by atoms with E-state index in [1.165, 1.54) is 22.4 Å². The number of fused-ring (bicyclic) bond motifs is 1. The Hall–Kier alpha value is -1.85. The van der Waals surface area contributed by atoms with Gasteiger partial charge >= 0.3 is 0 Å². The number of methoxy groups -OCH3 is 1. The molecule has 168 valence electrons. The van der Waals surface area contributed by atoms with Crippen LogP contribution in [0.1, 0.15) is 68.8 Å². The predicted octanol–water partition coefficient (Wildman–Crippen LogP) is 5.52. The number of rotatable bonds is 4. The summed E-state index contributed by atoms with van der Waals surface area (Å²) in [5.41, 5.74) is 6.32. The Balaban J connectivity index is 1.71. The molecule has 0 unspecified atom stereocenters. The van der Waals surface area contributed by atoms with E-state index in [4.69, 9.17) is 21.3 Å². The molecule has 31 heavy (non-hydrogen) atoms. The molecule has 0 saturated carbocycles. The molecule has 4 rings (SSSR count). The molecule has 1 fully saturated rings. The Bertz CT molecular complexity index is 935. The van der Waals surface area contributed by atoms with Crippen LogP contribution in [-0.4, -0.2) is 41.8 Å². The fourth-order valence-corrected chi connectivity index (χ4v) is 5.42. The van der Waals surface area contributed by atoms with Crippen molar-refractivity contribution in [1.29, 1.82) is 0 Å². The van der Waals surface area contributed by atoms with Crippen LogP contribution in [0.4, 0.5) is 11.5 Å². The molecule has 1 aromatic carbocycles. The molecule has 0 aliphatic carbocycles. The molecule has 0 bridgehead atoms. The third kappa shape index (κ3) is 4.40. The molecule has 3 heterocycles. The van der Waals surface area contributed by atoms with E-state index in [2.05, 4.69) is 67.6 Å². The number of hydrogen-bond acceptors (Lipinski definition) is 5. The Kier molecular flexibility index (Phi) is 6.45. The first-order chi connectivity index (χ1) is 14.8. The monoisotopic (exact) mass is 442 g/mol. The van der Waals surface area contributed by atoms with Gasteiger partial charge in [-0.2, -0.15) is 0 Å². The zero-order valence-electron chi connectivity index (χ0n) is 19.7. The van der Waals surface area contributed by atoms with Crippen molar-refractivity contribution in [2.45, 2.75) is 84.5 Å². The molecule has 1 aromatic heterocycles. The van der Waals surface area contributed by atoms with Crippen LogP contribution >= 0.6 is 11.6 Å². The summed E-state index contributed by atoms with van der Waals surface area (Å²) in [7, 11) is 1.81. The van der Waals surface area contributed by atoms with E-state index in [-0.39, 0.29) is 0 Å². The molecule has 0 radical (unpaired) electrons. The zero-order chi connectivity index (χ0) is 22.3. The fraction of sp³-hybridized carbons (Fsp3) is 0.600. The van der Waals surface area contributed by atoms with Gasteiger partial charge in [-0.3, -0.25) is 0 Å². The molecule has 0 N–H and O–H groups in total. The number of nitrogens with zero attached hydrogens (tertiary/aromatic N) is 4. The van der Waals surface area contributed by atoms with Crippen LogP contribution in [0.25, 0.3) is 0 Å². The summed E-state index contributed by atoms with van der Waals surface area (Å²) in [5.74, 6) is 1.52. The van der Waals surface area contributed by atoms with Crippen molar-refractivity contribution in [3.63, 3.8) is 0 Å². The molecule has 5 nitrogen and oxygen atoms in total. The second kappa shape index (κ2) is 8.95. The Labute approximate surface area is 191 Å². The maximum Gasteiger partial charge on any atom is 0.224 e. The van der Waals surface area contributed by atoms with Gasteiger partial charge in [-0.15, -0.1) is 0 Å². The van der Waals surface area contributed by atoms with Crippen molar-refractivity contribution in [2.75, 3.05) is 23.5 Å². The van der Waals surface area contributed by atoms with Crippen molar-refractivity contribution in [3.05, 3.63) is 45.9 Å². The minimum atomic E-state index is 0.298. The van der Waals surface area contributed by atoms with E-state index >= 15 is 0 Å². The van der Waals surface area contributed by atoms with Gasteiger partial charge in [-0.25, -0.2) is 9.97 Å². The lowest BCUT2D eigenvalue weighted by molar-refractivity contribution is 0.0611. The summed E-state index contributed by atoms with van der Waals surface area (Å²) < 4.78 is 5.68. The van der Waals surface area contributed by atoms with Gasteiger partial charge in [-0.05, 0) is 68.3 Å². The summed E-state index contributed by atoms with van der Waals surface area (Å²) >= 11 is 6.40. The van der Waals surface area contributed by atoms with Crippen molar-refractivity contribution >= 4 is 23.1 Å². The second-order valence-electron chi connectivity index (χ2n) is 9.55. The molecule has 1 saturated heterocycles. The average molecular weight is 443 g/mol. The number of ether oxygens (including phenoxy) is 1. The smallest absolute Gasteiger partial charge is 0.224 e. The highest BCUT2D eigenvalue weighted by molar-refractivity contribution is 6.28. The molecule has 2 aromatic rings. The fourth-order valence-electron chi connectivity index (χ4n) is 5.24. The van der Waals surface area contributed by atoms with E-state index in [0.29, 0.717) is 29.4 Å². The third-order valence-electron chi connectivity index (χ3n) is 6.99. The first kappa shape index (κ1) is 22.3. The topological polar surface area (TPSA) is 41.5 Å². The molecule has 2 aliphatic heterocycles. The van der Waals surface area contributed by atoms with Gasteiger partial charge < -0.3 is 14.5 Å². The standard InChI is InChI=1S/C25H35ClN4O/c1-15(2)19-8-7-16(3)23(13-19)29-10-9-22-21(14-29)24(28-25(26)27-22)30-17(4)11-20(31-6)12-18(30)5/h7-8,13,15,17-18,20H,9-12,14H2,1-6H3/t17-,18+,20+. The first-order valence-electron chi connectivity index (χ1n) is 11.5. The zero-order valence-corrected chi connectivity index (χ0v) is 20.4. The third-order valence-corrected chi connectivity index (χ3v) is 7.16. The van der Waals surface area contributed by atoms with Crippen LogP contribution in [0.2, 0.25) is 5.28 Å². The summed E-state index contributed by atoms with van der Waals surface area (Å²) in [5, 5.41) is 0.355. The van der Waals surface area contributed by atoms with Gasteiger partial charge in [0.2, 0.25) is 5.28 Å². The van der Waals surface area contributed by atoms with Crippen molar-refractivity contribution in [3.8, 4) is 0 Å². The van der Waals surface area contributed by atoms with Gasteiger partial charge in [0.15, 0.2) is 0 Å². The van der Waals surface area contributed by atoms with E-state index in [9.17, 15) is 0 Å². The van der Waals surface area contributed by atoms with E-state index < -0.39 is 0 Å². The van der Waals surface area contributed by atoms with E-state index in [0.717, 1.165) is 43.9 Å². The lowest BCUT2D eigenvalue weighted by Gasteiger charge is -2.44. The van der Waals surface area contributed by atoms with Crippen molar-refractivity contribution in [2.24, 2.45) is 0 Å². The SMILES string of the molecule is CO[C@H]1C[C@@H](C)N(c2nc(Cl)nc3c2CN(c2cc(C(C)C)ccc2C)CC3)[C@@H](C)C1. The number of halogens is 1. The molecule has 3 atom stereocenters. The van der Waals surface area contributed by atoms with E-state index in [1.54, 1.807) is 0 Å². The van der Waals surface area contributed by atoms with Crippen LogP contribution < -0.4 is 9.80 Å². The van der Waals surface area contributed by atoms with Gasteiger partial charge in [-0.1, -0.05) is 26.0 Å². The summed E-state index contributed by atoms with van der Waals surface area (Å²) in [6, 6.07) is 7.53. The van der Waals surface area contributed by atoms with Crippen molar-refractivity contribution < 1.29 is 4.74 Å². The normalized spacial score (nSPS) is 23.9. The second-order valence-corrected chi connectivity index (χ2v) is 9.89. The molecule has 2 aliphatic rings. The number of benzene rings is 1. The number of aryl methyl sites for hydroxylation is 1. The highest BCUT2D eigenvalue weighted by Crippen LogP contribution is 2.37. The Morgan fingerprint density at radius 2 is 1.84 bits per heavy atom. The Morgan fingerprint density at radius 1 is 1.13 bits per heavy atom. The molecule has 0 amide bonds. The molecular formula is C25H35ClN4O. The average Bonchev–Trinajstić information content (AvgIpc) is 2.73. The minimum absolute atomic E-state index is 0.298. The van der Waals surface area contributed by atoms with Gasteiger partial charge in [0.05, 0.1) is 11.8 Å². The largest absolute Gasteiger partial charge is 0.381 e. The highest BCUT2D eigenvalue weighted by Gasteiger charge is 2.35. The number of hydrogen-bond donors (Lipinski definition) is 0. The maximum atomic E-state index is 6.40. The predicted molar refractivity (Wildman–Crippen MR) is 128 cm³/mol. The summed E-state index contributed by atoms with van der Waals surface area (Å²) in [4.78, 5) is 14.3. The van der Waals surface area contributed by atoms with Crippen LogP contribution in [0.3, 0.4) is 0 Å². The Morgan fingerprint density at radius 3 is 2.48 bits per heavy atom. The summed E-state index contributed by atoms with van der Waals surface area (Å²) in [6.07, 6.45) is 3.17. The van der Waals surface area contributed by atoms with Gasteiger partial charge in [0.25, 0.3) is 0 Å². The van der Waals surface area contributed by atoms with Gasteiger partial charge in [0, 0.05) is 50.0 Å². The molecule has 0 spiro atoms. The lowest BCUT2D eigenvalue weighted by atomic mass is 9.93. The van der Waals surface area contributed by atoms with Gasteiger partial charge in [0.1, 0.15) is 5.82 Å². The van der Waals surface area contributed by atoms with Crippen molar-refractivity contribution in [1.82, 2.24) is 9.97 Å². The van der Waals surface area contributed by atoms with Crippen LogP contribution in [0, 0.1) is 6.92 Å². The quantitative estimate of drug-likeness (QED) is 0.583. The minimum Gasteiger partial charge on any atom is -0.381 e. The lowest BCUT2D eigenvalue weighted by Crippen LogP contribution is -2.50. The van der Waals surface area contributed by atoms with E-state index in [1.807, 2.05) is 7.11 Å². The first-order valence-corrected chi connectivity index (χ1v) is 11.9. The van der Waals surface area contributed by atoms with Crippen LogP contribution in [0.5, 0.6) is 0 Å². The van der Waals surface area contributed by atoms with Crippen LogP contribution in [-0.2, 0) is 17.7 Å². The molecular weight excluding hydrogens is 408 g/mol. The van der Waals surface area contributed by atoms with Crippen LogP contribution in [0.15, 0.2) is 18.2 Å².